The van der Waals surface area contributed by atoms with Gasteiger partial charge in [-0.2, -0.15) is 12.7 Å². The lowest BCUT2D eigenvalue weighted by Crippen LogP contribution is -2.73. The number of fused-ring (bicyclic) bond motifs is 1. The average Bonchev–Trinajstić information content (AvgIpc) is 3.70. The van der Waals surface area contributed by atoms with E-state index < -0.39 is 44.9 Å². The highest BCUT2D eigenvalue weighted by molar-refractivity contribution is 7.90. The predicted octanol–water partition coefficient (Wildman–Crippen LogP) is 2.65. The number of nitrogens with zero attached hydrogens (tertiary/aromatic N) is 7. The molecule has 3 aromatic heterocycles. The number of hydrogen-bond donors (Lipinski definition) is 5. The van der Waals surface area contributed by atoms with Crippen LogP contribution in [0.3, 0.4) is 0 Å². The van der Waals surface area contributed by atoms with E-state index in [0.29, 0.717) is 68.3 Å². The first kappa shape index (κ1) is 42.9. The molecule has 9 rings (SSSR count). The number of rotatable bonds is 13. The minimum atomic E-state index is -4.15. The first-order valence-corrected chi connectivity index (χ1v) is 22.4. The Kier molecular flexibility index (Phi) is 11.3. The number of imide groups is 1. The van der Waals surface area contributed by atoms with Crippen molar-refractivity contribution in [3.63, 3.8) is 0 Å². The molecule has 3 amide bonds. The lowest BCUT2D eigenvalue weighted by molar-refractivity contribution is -0.140. The molecule has 2 atom stereocenters. The van der Waals surface area contributed by atoms with Crippen LogP contribution in [0, 0.1) is 17.0 Å². The van der Waals surface area contributed by atoms with Crippen molar-refractivity contribution in [2.24, 2.45) is 5.41 Å². The molecule has 2 unspecified atom stereocenters. The summed E-state index contributed by atoms with van der Waals surface area (Å²) < 4.78 is 58.7. The summed E-state index contributed by atoms with van der Waals surface area (Å²) in [4.78, 5) is 73.1. The quantitative estimate of drug-likeness (QED) is 0.0850. The molecule has 5 aromatic rings. The zero-order valence-corrected chi connectivity index (χ0v) is 35.8. The summed E-state index contributed by atoms with van der Waals surface area (Å²) in [5.41, 5.74) is 1.89. The number of piperazine rings is 1. The van der Waals surface area contributed by atoms with Crippen LogP contribution >= 0.6 is 0 Å². The number of aromatic nitrogens is 4. The number of pyridine rings is 1. The molecule has 0 bridgehead atoms. The van der Waals surface area contributed by atoms with Gasteiger partial charge in [0.05, 0.1) is 17.8 Å². The zero-order valence-electron chi connectivity index (χ0n) is 35.0. The van der Waals surface area contributed by atoms with Gasteiger partial charge in [0.15, 0.2) is 5.82 Å². The van der Waals surface area contributed by atoms with Gasteiger partial charge in [-0.05, 0) is 42.3 Å². The summed E-state index contributed by atoms with van der Waals surface area (Å²) in [5, 5.41) is 9.43. The van der Waals surface area contributed by atoms with Gasteiger partial charge in [0, 0.05) is 130 Å². The second-order valence-corrected chi connectivity index (χ2v) is 18.5. The molecule has 0 saturated carbocycles. The third-order valence-electron chi connectivity index (χ3n) is 12.6. The van der Waals surface area contributed by atoms with Gasteiger partial charge in [0.1, 0.15) is 17.5 Å². The SMILES string of the molecule is CCN(C)S(=O)(=O)Nc1ccc(F)c(C(=O)c2c[nH]c3ncc(-c4cnc(N5CCN(C(=O)CN6CC7(CNC7c7ccc(NC8CCC(=O)NC8=O)cc7)C6)CC5)nc4)cc23)c1F. The Balaban J connectivity index is 0.777. The highest BCUT2D eigenvalue weighted by Crippen LogP contribution is 2.48. The van der Waals surface area contributed by atoms with Crippen LogP contribution in [0.15, 0.2) is 67.3 Å². The van der Waals surface area contributed by atoms with Crippen molar-refractivity contribution in [3.8, 4) is 11.1 Å². The van der Waals surface area contributed by atoms with Crippen LogP contribution in [-0.4, -0.2) is 138 Å². The molecule has 7 heterocycles. The second-order valence-electron chi connectivity index (χ2n) is 16.7. The van der Waals surface area contributed by atoms with Crippen molar-refractivity contribution < 1.29 is 36.4 Å². The van der Waals surface area contributed by atoms with E-state index in [0.717, 1.165) is 47.3 Å². The van der Waals surface area contributed by atoms with E-state index in [-0.39, 0.29) is 46.7 Å². The third kappa shape index (κ3) is 8.14. The van der Waals surface area contributed by atoms with Crippen LogP contribution in [0.4, 0.5) is 26.1 Å². The second kappa shape index (κ2) is 16.9. The summed E-state index contributed by atoms with van der Waals surface area (Å²) in [5.74, 6) is -3.50. The Morgan fingerprint density at radius 3 is 2.36 bits per heavy atom. The summed E-state index contributed by atoms with van der Waals surface area (Å²) in [6, 6.07) is 11.1. The number of hydrogen-bond acceptors (Lipinski definition) is 13. The lowest BCUT2D eigenvalue weighted by atomic mass is 9.65. The first-order chi connectivity index (χ1) is 30.7. The van der Waals surface area contributed by atoms with Gasteiger partial charge in [-0.25, -0.2) is 23.7 Å². The number of carbonyl (C=O) groups is 4. The van der Waals surface area contributed by atoms with E-state index in [1.165, 1.54) is 13.2 Å². The monoisotopic (exact) mass is 896 g/mol. The fourth-order valence-corrected chi connectivity index (χ4v) is 9.74. The van der Waals surface area contributed by atoms with Gasteiger partial charge in [-0.3, -0.25) is 34.1 Å². The number of piperidine rings is 1. The summed E-state index contributed by atoms with van der Waals surface area (Å²) in [6.07, 6.45) is 6.86. The molecule has 0 aliphatic carbocycles. The number of ketones is 1. The molecule has 4 saturated heterocycles. The van der Waals surface area contributed by atoms with Gasteiger partial charge in [-0.15, -0.1) is 0 Å². The smallest absolute Gasteiger partial charge is 0.301 e. The van der Waals surface area contributed by atoms with Crippen molar-refractivity contribution in [2.45, 2.75) is 31.8 Å². The first-order valence-electron chi connectivity index (χ1n) is 21.0. The molecule has 21 heteroatoms. The number of nitrogens with one attached hydrogen (secondary N) is 5. The van der Waals surface area contributed by atoms with E-state index in [4.69, 9.17) is 0 Å². The fraction of sp³-hybridized carbons (Fsp3) is 0.372. The molecule has 5 N–H and O–H groups in total. The highest BCUT2D eigenvalue weighted by Gasteiger charge is 2.55. The van der Waals surface area contributed by atoms with Crippen LogP contribution in [0.5, 0.6) is 0 Å². The maximum absolute atomic E-state index is 15.6. The maximum atomic E-state index is 15.6. The van der Waals surface area contributed by atoms with Crippen LogP contribution in [0.2, 0.25) is 0 Å². The third-order valence-corrected chi connectivity index (χ3v) is 14.2. The number of anilines is 3. The molecular formula is C43H46F2N12O6S. The number of H-pyrrole nitrogens is 1. The Bertz CT molecular complexity index is 2760. The minimum absolute atomic E-state index is 0.0633. The highest BCUT2D eigenvalue weighted by atomic mass is 32.2. The fourth-order valence-electron chi connectivity index (χ4n) is 8.81. The van der Waals surface area contributed by atoms with Gasteiger partial charge < -0.3 is 25.4 Å². The van der Waals surface area contributed by atoms with Crippen LogP contribution in [0.25, 0.3) is 22.2 Å². The van der Waals surface area contributed by atoms with Crippen LogP contribution in [-0.2, 0) is 24.6 Å². The molecular weight excluding hydrogens is 851 g/mol. The van der Waals surface area contributed by atoms with Gasteiger partial charge in [0.25, 0.3) is 0 Å². The molecule has 64 heavy (non-hydrogen) atoms. The molecule has 4 aliphatic rings. The van der Waals surface area contributed by atoms with Crippen molar-refractivity contribution in [2.75, 3.05) is 80.9 Å². The van der Waals surface area contributed by atoms with E-state index in [1.54, 1.807) is 31.6 Å². The Morgan fingerprint density at radius 1 is 0.969 bits per heavy atom. The molecule has 4 fully saturated rings. The summed E-state index contributed by atoms with van der Waals surface area (Å²) >= 11 is 0. The van der Waals surface area contributed by atoms with Crippen molar-refractivity contribution in [1.29, 1.82) is 0 Å². The molecule has 18 nitrogen and oxygen atoms in total. The summed E-state index contributed by atoms with van der Waals surface area (Å²) in [7, 11) is -2.86. The largest absolute Gasteiger partial charge is 0.374 e. The lowest BCUT2D eigenvalue weighted by Gasteiger charge is -2.61. The molecule has 2 aromatic carbocycles. The Morgan fingerprint density at radius 2 is 1.69 bits per heavy atom. The predicted molar refractivity (Wildman–Crippen MR) is 232 cm³/mol. The van der Waals surface area contributed by atoms with E-state index in [1.807, 2.05) is 21.9 Å². The molecule has 1 spiro atoms. The van der Waals surface area contributed by atoms with Crippen molar-refractivity contribution in [3.05, 3.63) is 95.6 Å². The van der Waals surface area contributed by atoms with Crippen LogP contribution < -0.4 is 25.6 Å². The maximum Gasteiger partial charge on any atom is 0.301 e. The topological polar surface area (TPSA) is 218 Å². The van der Waals surface area contributed by atoms with Gasteiger partial charge in [0.2, 0.25) is 29.5 Å². The number of halogens is 2. The molecule has 4 aliphatic heterocycles. The number of amides is 3. The standard InChI is InChI=1S/C43H46F2N12O6S/c1-3-54(2)64(62,63)53-32-9-8-31(44)36(37(32)45)38(60)30-20-47-40-29(30)16-26(17-46-40)27-18-48-42(49-19-27)57-14-12-56(13-15-57)35(59)21-55-23-43(24-55)22-50-39(43)25-4-6-28(7-5-25)51-33-10-11-34(58)52-41(33)61/h4-9,16-20,33,39,50-51,53H,3,10-15,21-24H2,1-2H3,(H,46,47)(H,52,58,61). The minimum Gasteiger partial charge on any atom is -0.374 e. The number of likely N-dealkylation sites (tertiary alicyclic amines) is 1. The van der Waals surface area contributed by atoms with Crippen molar-refractivity contribution in [1.82, 2.24) is 44.7 Å². The Labute approximate surface area is 367 Å². The van der Waals surface area contributed by atoms with Crippen LogP contribution in [0.1, 0.15) is 47.3 Å². The van der Waals surface area contributed by atoms with Crippen molar-refractivity contribution >= 4 is 62.1 Å². The summed E-state index contributed by atoms with van der Waals surface area (Å²) in [6.45, 7) is 6.65. The Hall–Kier alpha value is -6.42. The number of aromatic amines is 1. The van der Waals surface area contributed by atoms with Gasteiger partial charge >= 0.3 is 10.2 Å². The van der Waals surface area contributed by atoms with E-state index in [9.17, 15) is 27.6 Å². The number of benzene rings is 2. The number of carbonyl (C=O) groups excluding carboxylic acids is 4. The molecule has 334 valence electrons. The van der Waals surface area contributed by atoms with E-state index >= 15 is 8.78 Å². The molecule has 0 radical (unpaired) electrons. The zero-order chi connectivity index (χ0) is 44.9. The normalized spacial score (nSPS) is 20.0. The average molecular weight is 897 g/mol. The van der Waals surface area contributed by atoms with E-state index in [2.05, 4.69) is 57.6 Å². The van der Waals surface area contributed by atoms with Gasteiger partial charge in [-0.1, -0.05) is 19.1 Å².